The number of hydrogen-bond acceptors (Lipinski definition) is 2. The number of benzene rings is 1. The molecule has 0 radical (unpaired) electrons. The van der Waals surface area contributed by atoms with Crippen LogP contribution in [0.15, 0.2) is 24.3 Å². The lowest BCUT2D eigenvalue weighted by Crippen LogP contribution is -2.34. The summed E-state index contributed by atoms with van der Waals surface area (Å²) in [5, 5.41) is 5.40. The standard InChI is InChI=1S/C13H17F3N2O/c1-3-9(2)17-8-12(19)18-11-6-4-5-10(7-11)13(14,15)16/h4-7,9,17H,3,8H2,1-2H3,(H,18,19). The Bertz CT molecular complexity index is 432. The summed E-state index contributed by atoms with van der Waals surface area (Å²) in [4.78, 5) is 11.5. The van der Waals surface area contributed by atoms with Crippen LogP contribution >= 0.6 is 0 Å². The number of rotatable bonds is 5. The molecule has 0 saturated heterocycles. The predicted octanol–water partition coefficient (Wildman–Crippen LogP) is 3.03. The van der Waals surface area contributed by atoms with E-state index in [9.17, 15) is 18.0 Å². The summed E-state index contributed by atoms with van der Waals surface area (Å²) in [6.07, 6.45) is -3.54. The van der Waals surface area contributed by atoms with Crippen molar-refractivity contribution in [2.75, 3.05) is 11.9 Å². The predicted molar refractivity (Wildman–Crippen MR) is 67.8 cm³/mol. The Morgan fingerprint density at radius 2 is 2.05 bits per heavy atom. The average molecular weight is 274 g/mol. The van der Waals surface area contributed by atoms with Gasteiger partial charge in [0.1, 0.15) is 0 Å². The molecule has 0 aromatic heterocycles. The van der Waals surface area contributed by atoms with Gasteiger partial charge in [-0.15, -0.1) is 0 Å². The van der Waals surface area contributed by atoms with Crippen molar-refractivity contribution in [3.63, 3.8) is 0 Å². The Labute approximate surface area is 110 Å². The third-order valence-corrected chi connectivity index (χ3v) is 2.70. The fourth-order valence-electron chi connectivity index (χ4n) is 1.39. The SMILES string of the molecule is CCC(C)NCC(=O)Nc1cccc(C(F)(F)F)c1. The zero-order valence-corrected chi connectivity index (χ0v) is 10.8. The second-order valence-electron chi connectivity index (χ2n) is 4.32. The summed E-state index contributed by atoms with van der Waals surface area (Å²) >= 11 is 0. The largest absolute Gasteiger partial charge is 0.416 e. The maximum Gasteiger partial charge on any atom is 0.416 e. The van der Waals surface area contributed by atoms with Gasteiger partial charge in [0.2, 0.25) is 5.91 Å². The van der Waals surface area contributed by atoms with Gasteiger partial charge in [0, 0.05) is 11.7 Å². The molecule has 6 heteroatoms. The van der Waals surface area contributed by atoms with E-state index in [-0.39, 0.29) is 24.2 Å². The van der Waals surface area contributed by atoms with Crippen molar-refractivity contribution < 1.29 is 18.0 Å². The molecule has 0 fully saturated rings. The third kappa shape index (κ3) is 5.30. The van der Waals surface area contributed by atoms with Crippen LogP contribution < -0.4 is 10.6 Å². The highest BCUT2D eigenvalue weighted by atomic mass is 19.4. The zero-order valence-electron chi connectivity index (χ0n) is 10.8. The number of amides is 1. The van der Waals surface area contributed by atoms with Crippen LogP contribution in [0, 0.1) is 0 Å². The Morgan fingerprint density at radius 3 is 2.63 bits per heavy atom. The molecule has 3 nitrogen and oxygen atoms in total. The second kappa shape index (κ2) is 6.56. The minimum absolute atomic E-state index is 0.0747. The Balaban J connectivity index is 2.60. The van der Waals surface area contributed by atoms with Crippen LogP contribution in [0.1, 0.15) is 25.8 Å². The van der Waals surface area contributed by atoms with Gasteiger partial charge in [0.05, 0.1) is 12.1 Å². The minimum Gasteiger partial charge on any atom is -0.325 e. The molecule has 0 spiro atoms. The van der Waals surface area contributed by atoms with Gasteiger partial charge in [-0.1, -0.05) is 13.0 Å². The summed E-state index contributed by atoms with van der Waals surface area (Å²) in [5.41, 5.74) is -0.633. The lowest BCUT2D eigenvalue weighted by molar-refractivity contribution is -0.137. The van der Waals surface area contributed by atoms with Crippen molar-refractivity contribution in [2.24, 2.45) is 0 Å². The number of carbonyl (C=O) groups excluding carboxylic acids is 1. The van der Waals surface area contributed by atoms with Crippen LogP contribution in [0.5, 0.6) is 0 Å². The van der Waals surface area contributed by atoms with Gasteiger partial charge in [-0.25, -0.2) is 0 Å². The number of hydrogen-bond donors (Lipinski definition) is 2. The molecular weight excluding hydrogens is 257 g/mol. The van der Waals surface area contributed by atoms with Crippen LogP contribution in [0.3, 0.4) is 0 Å². The molecule has 2 N–H and O–H groups in total. The molecule has 0 aliphatic rings. The van der Waals surface area contributed by atoms with Gasteiger partial charge >= 0.3 is 6.18 Å². The van der Waals surface area contributed by atoms with Gasteiger partial charge in [0.15, 0.2) is 0 Å². The quantitative estimate of drug-likeness (QED) is 0.866. The molecular formula is C13H17F3N2O. The van der Waals surface area contributed by atoms with E-state index < -0.39 is 11.7 Å². The summed E-state index contributed by atoms with van der Waals surface area (Å²) in [6, 6.07) is 4.76. The van der Waals surface area contributed by atoms with E-state index in [2.05, 4.69) is 10.6 Å². The summed E-state index contributed by atoms with van der Waals surface area (Å²) in [7, 11) is 0. The fraction of sp³-hybridized carbons (Fsp3) is 0.462. The van der Waals surface area contributed by atoms with E-state index in [1.165, 1.54) is 12.1 Å². The molecule has 1 rings (SSSR count). The maximum atomic E-state index is 12.5. The topological polar surface area (TPSA) is 41.1 Å². The summed E-state index contributed by atoms with van der Waals surface area (Å²) in [6.45, 7) is 3.98. The van der Waals surface area contributed by atoms with Crippen LogP contribution in [0.4, 0.5) is 18.9 Å². The fourth-order valence-corrected chi connectivity index (χ4v) is 1.39. The lowest BCUT2D eigenvalue weighted by Gasteiger charge is -2.12. The van der Waals surface area contributed by atoms with Crippen molar-refractivity contribution in [3.05, 3.63) is 29.8 Å². The van der Waals surface area contributed by atoms with Crippen molar-refractivity contribution in [2.45, 2.75) is 32.5 Å². The molecule has 0 bridgehead atoms. The van der Waals surface area contributed by atoms with Gasteiger partial charge in [0.25, 0.3) is 0 Å². The van der Waals surface area contributed by atoms with Crippen molar-refractivity contribution >= 4 is 11.6 Å². The monoisotopic (exact) mass is 274 g/mol. The number of nitrogens with one attached hydrogen (secondary N) is 2. The molecule has 0 saturated carbocycles. The van der Waals surface area contributed by atoms with Crippen molar-refractivity contribution in [1.82, 2.24) is 5.32 Å². The number of carbonyl (C=O) groups is 1. The molecule has 106 valence electrons. The Kier molecular flexibility index (Phi) is 5.35. The van der Waals surface area contributed by atoms with Gasteiger partial charge in [-0.05, 0) is 31.5 Å². The number of halogens is 3. The molecule has 1 aromatic rings. The third-order valence-electron chi connectivity index (χ3n) is 2.70. The van der Waals surface area contributed by atoms with Crippen molar-refractivity contribution in [3.8, 4) is 0 Å². The zero-order chi connectivity index (χ0) is 14.5. The first-order valence-electron chi connectivity index (χ1n) is 6.03. The highest BCUT2D eigenvalue weighted by molar-refractivity contribution is 5.92. The molecule has 1 aromatic carbocycles. The maximum absolute atomic E-state index is 12.5. The normalized spacial score (nSPS) is 13.1. The molecule has 1 unspecified atom stereocenters. The molecule has 1 amide bonds. The van der Waals surface area contributed by atoms with Crippen LogP contribution in [-0.4, -0.2) is 18.5 Å². The minimum atomic E-state index is -4.41. The molecule has 0 heterocycles. The van der Waals surface area contributed by atoms with Crippen LogP contribution in [0.25, 0.3) is 0 Å². The molecule has 0 aliphatic carbocycles. The second-order valence-corrected chi connectivity index (χ2v) is 4.32. The number of anilines is 1. The first-order valence-corrected chi connectivity index (χ1v) is 6.03. The summed E-state index contributed by atoms with van der Waals surface area (Å²) in [5.74, 6) is -0.361. The van der Waals surface area contributed by atoms with Crippen LogP contribution in [-0.2, 0) is 11.0 Å². The average Bonchev–Trinajstić information content (AvgIpc) is 2.35. The molecule has 19 heavy (non-hydrogen) atoms. The van der Waals surface area contributed by atoms with Gasteiger partial charge in [-0.2, -0.15) is 13.2 Å². The lowest BCUT2D eigenvalue weighted by atomic mass is 10.2. The molecule has 0 aliphatic heterocycles. The van der Waals surface area contributed by atoms with E-state index in [1.54, 1.807) is 0 Å². The van der Waals surface area contributed by atoms with Crippen molar-refractivity contribution in [1.29, 1.82) is 0 Å². The van der Waals surface area contributed by atoms with E-state index in [0.29, 0.717) is 0 Å². The Hall–Kier alpha value is -1.56. The highest BCUT2D eigenvalue weighted by Gasteiger charge is 2.30. The first-order chi connectivity index (χ1) is 8.82. The summed E-state index contributed by atoms with van der Waals surface area (Å²) < 4.78 is 37.4. The molecule has 1 atom stereocenters. The Morgan fingerprint density at radius 1 is 1.37 bits per heavy atom. The number of alkyl halides is 3. The van der Waals surface area contributed by atoms with E-state index in [0.717, 1.165) is 18.6 Å². The first kappa shape index (κ1) is 15.5. The van der Waals surface area contributed by atoms with E-state index in [4.69, 9.17) is 0 Å². The smallest absolute Gasteiger partial charge is 0.325 e. The van der Waals surface area contributed by atoms with E-state index >= 15 is 0 Å². The van der Waals surface area contributed by atoms with Gasteiger partial charge < -0.3 is 10.6 Å². The van der Waals surface area contributed by atoms with E-state index in [1.807, 2.05) is 13.8 Å². The highest BCUT2D eigenvalue weighted by Crippen LogP contribution is 2.30. The van der Waals surface area contributed by atoms with Gasteiger partial charge in [-0.3, -0.25) is 4.79 Å². The van der Waals surface area contributed by atoms with Crippen LogP contribution in [0.2, 0.25) is 0 Å².